The highest BCUT2D eigenvalue weighted by atomic mass is 35.5. The molecule has 0 unspecified atom stereocenters. The highest BCUT2D eigenvalue weighted by Crippen LogP contribution is 2.21. The van der Waals surface area contributed by atoms with Crippen molar-refractivity contribution in [3.63, 3.8) is 0 Å². The van der Waals surface area contributed by atoms with Crippen molar-refractivity contribution in [1.29, 1.82) is 0 Å². The number of fused-ring (bicyclic) bond motifs is 1. The van der Waals surface area contributed by atoms with Gasteiger partial charge in [-0.1, -0.05) is 23.2 Å². The molecular formula is C13H9Cl2N5O. The fourth-order valence-electron chi connectivity index (χ4n) is 1.88. The summed E-state index contributed by atoms with van der Waals surface area (Å²) in [7, 11) is 0. The van der Waals surface area contributed by atoms with E-state index in [-0.39, 0.29) is 10.8 Å². The number of hydrogen-bond acceptors (Lipinski definition) is 4. The number of nitrogens with one attached hydrogen (secondary N) is 1. The summed E-state index contributed by atoms with van der Waals surface area (Å²) in [6.45, 7) is 1.87. The lowest BCUT2D eigenvalue weighted by Gasteiger charge is -2.06. The number of carbonyl (C=O) groups excluding carboxylic acids is 1. The van der Waals surface area contributed by atoms with Crippen molar-refractivity contribution in [3.05, 3.63) is 52.3 Å². The van der Waals surface area contributed by atoms with Crippen molar-refractivity contribution in [1.82, 2.24) is 19.6 Å². The predicted molar refractivity (Wildman–Crippen MR) is 79.9 cm³/mol. The Balaban J connectivity index is 1.90. The summed E-state index contributed by atoms with van der Waals surface area (Å²) >= 11 is 11.8. The lowest BCUT2D eigenvalue weighted by molar-refractivity contribution is 0.102. The molecule has 0 spiro atoms. The molecule has 0 saturated heterocycles. The Morgan fingerprint density at radius 2 is 2.00 bits per heavy atom. The molecule has 0 aliphatic heterocycles. The largest absolute Gasteiger partial charge is 0.320 e. The zero-order valence-corrected chi connectivity index (χ0v) is 12.4. The van der Waals surface area contributed by atoms with Crippen LogP contribution in [0.5, 0.6) is 0 Å². The first-order valence-electron chi connectivity index (χ1n) is 5.98. The maximum absolute atomic E-state index is 12.1. The molecule has 0 radical (unpaired) electrons. The summed E-state index contributed by atoms with van der Waals surface area (Å²) in [5.74, 6) is -0.393. The zero-order chi connectivity index (χ0) is 15.0. The lowest BCUT2D eigenvalue weighted by Crippen LogP contribution is -2.14. The summed E-state index contributed by atoms with van der Waals surface area (Å²) < 4.78 is 1.59. The van der Waals surface area contributed by atoms with E-state index in [0.29, 0.717) is 10.8 Å². The van der Waals surface area contributed by atoms with Crippen molar-refractivity contribution < 1.29 is 4.79 Å². The second-order valence-electron chi connectivity index (χ2n) is 4.37. The minimum Gasteiger partial charge on any atom is -0.320 e. The molecule has 0 aliphatic carbocycles. The van der Waals surface area contributed by atoms with E-state index in [1.165, 1.54) is 12.4 Å². The molecule has 1 N–H and O–H groups in total. The Kier molecular flexibility index (Phi) is 3.48. The fourth-order valence-corrected chi connectivity index (χ4v) is 2.23. The Bertz CT molecular complexity index is 828. The third-order valence-electron chi connectivity index (χ3n) is 2.75. The first kappa shape index (κ1) is 13.8. The van der Waals surface area contributed by atoms with E-state index < -0.39 is 5.91 Å². The van der Waals surface area contributed by atoms with Crippen LogP contribution in [0.4, 0.5) is 5.69 Å². The first-order valence-corrected chi connectivity index (χ1v) is 6.73. The van der Waals surface area contributed by atoms with Gasteiger partial charge in [0.2, 0.25) is 0 Å². The molecule has 0 saturated carbocycles. The van der Waals surface area contributed by atoms with E-state index in [1.54, 1.807) is 16.6 Å². The van der Waals surface area contributed by atoms with E-state index in [2.05, 4.69) is 20.4 Å². The first-order chi connectivity index (χ1) is 10.0. The van der Waals surface area contributed by atoms with E-state index in [9.17, 15) is 4.79 Å². The average Bonchev–Trinajstić information content (AvgIpc) is 2.80. The van der Waals surface area contributed by atoms with E-state index in [4.69, 9.17) is 23.2 Å². The number of rotatable bonds is 2. The van der Waals surface area contributed by atoms with Gasteiger partial charge in [0.05, 0.1) is 23.6 Å². The molecule has 3 heterocycles. The number of amides is 1. The number of pyridine rings is 1. The molecule has 8 heteroatoms. The maximum Gasteiger partial charge on any atom is 0.275 e. The topological polar surface area (TPSA) is 72.2 Å². The molecule has 106 valence electrons. The van der Waals surface area contributed by atoms with Crippen LogP contribution in [-0.4, -0.2) is 25.5 Å². The van der Waals surface area contributed by atoms with Crippen molar-refractivity contribution in [2.45, 2.75) is 6.92 Å². The Morgan fingerprint density at radius 3 is 2.71 bits per heavy atom. The van der Waals surface area contributed by atoms with E-state index in [0.717, 1.165) is 11.2 Å². The highest BCUT2D eigenvalue weighted by Gasteiger charge is 2.11. The van der Waals surface area contributed by atoms with Crippen LogP contribution in [0.3, 0.4) is 0 Å². The normalized spacial score (nSPS) is 10.8. The summed E-state index contributed by atoms with van der Waals surface area (Å²) in [4.78, 5) is 19.8. The van der Waals surface area contributed by atoms with Gasteiger partial charge in [-0.2, -0.15) is 5.10 Å². The summed E-state index contributed by atoms with van der Waals surface area (Å²) in [6, 6.07) is 5.25. The van der Waals surface area contributed by atoms with Crippen LogP contribution in [-0.2, 0) is 0 Å². The Hall–Kier alpha value is -2.18. The Labute approximate surface area is 129 Å². The monoisotopic (exact) mass is 321 g/mol. The van der Waals surface area contributed by atoms with Crippen molar-refractivity contribution >= 4 is 40.3 Å². The van der Waals surface area contributed by atoms with Gasteiger partial charge in [0.1, 0.15) is 16.0 Å². The molecule has 0 bridgehead atoms. The average molecular weight is 322 g/mol. The molecule has 3 rings (SSSR count). The summed E-state index contributed by atoms with van der Waals surface area (Å²) in [5.41, 5.74) is 2.34. The van der Waals surface area contributed by atoms with E-state index >= 15 is 0 Å². The predicted octanol–water partition coefficient (Wildman–Crippen LogP) is 2.99. The number of hydrogen-bond donors (Lipinski definition) is 1. The smallest absolute Gasteiger partial charge is 0.275 e. The van der Waals surface area contributed by atoms with Crippen LogP contribution in [0, 0.1) is 6.92 Å². The fraction of sp³-hybridized carbons (Fsp3) is 0.0769. The van der Waals surface area contributed by atoms with Crippen LogP contribution in [0.15, 0.2) is 30.6 Å². The van der Waals surface area contributed by atoms with Crippen LogP contribution in [0.2, 0.25) is 10.3 Å². The molecule has 0 aromatic carbocycles. The molecule has 1 amide bonds. The lowest BCUT2D eigenvalue weighted by atomic mass is 10.3. The van der Waals surface area contributed by atoms with E-state index in [1.807, 2.05) is 13.0 Å². The van der Waals surface area contributed by atoms with Gasteiger partial charge in [-0.3, -0.25) is 4.79 Å². The van der Waals surface area contributed by atoms with Crippen molar-refractivity contribution in [3.8, 4) is 0 Å². The second-order valence-corrected chi connectivity index (χ2v) is 5.14. The zero-order valence-electron chi connectivity index (χ0n) is 10.8. The number of aromatic nitrogens is 4. The van der Waals surface area contributed by atoms with Gasteiger partial charge in [0.15, 0.2) is 0 Å². The number of anilines is 1. The summed E-state index contributed by atoms with van der Waals surface area (Å²) in [5, 5.41) is 7.57. The third-order valence-corrected chi connectivity index (χ3v) is 3.21. The molecule has 0 fully saturated rings. The van der Waals surface area contributed by atoms with Gasteiger partial charge in [-0.05, 0) is 25.1 Å². The minimum absolute atomic E-state index is 0.167. The van der Waals surface area contributed by atoms with Gasteiger partial charge in [-0.15, -0.1) is 0 Å². The molecule has 21 heavy (non-hydrogen) atoms. The maximum atomic E-state index is 12.1. The van der Waals surface area contributed by atoms with Gasteiger partial charge >= 0.3 is 0 Å². The highest BCUT2D eigenvalue weighted by molar-refractivity contribution is 6.30. The molecule has 0 aliphatic rings. The van der Waals surface area contributed by atoms with Crippen LogP contribution in [0.25, 0.3) is 5.52 Å². The Morgan fingerprint density at radius 1 is 1.19 bits per heavy atom. The van der Waals surface area contributed by atoms with Crippen LogP contribution >= 0.6 is 23.2 Å². The second kappa shape index (κ2) is 5.31. The minimum atomic E-state index is -0.393. The standard InChI is InChI=1S/C13H9Cl2N5O/c1-7-2-9-3-8(4-12(15)20(9)19-7)18-13(21)10-5-17-11(14)6-16-10/h2-6H,1H3,(H,18,21). The number of aryl methyl sites for hydroxylation is 1. The van der Waals surface area contributed by atoms with Crippen LogP contribution < -0.4 is 5.32 Å². The quantitative estimate of drug-likeness (QED) is 0.736. The van der Waals surface area contributed by atoms with Crippen molar-refractivity contribution in [2.75, 3.05) is 5.32 Å². The van der Waals surface area contributed by atoms with Crippen LogP contribution in [0.1, 0.15) is 16.2 Å². The summed E-state index contributed by atoms with van der Waals surface area (Å²) in [6.07, 6.45) is 2.62. The van der Waals surface area contributed by atoms with Crippen molar-refractivity contribution in [2.24, 2.45) is 0 Å². The van der Waals surface area contributed by atoms with Gasteiger partial charge in [-0.25, -0.2) is 14.5 Å². The molecule has 3 aromatic heterocycles. The molecule has 3 aromatic rings. The number of carbonyl (C=O) groups is 1. The SMILES string of the molecule is Cc1cc2cc(NC(=O)c3cnc(Cl)cn3)cc(Cl)n2n1. The molecule has 6 nitrogen and oxygen atoms in total. The third kappa shape index (κ3) is 2.81. The molecular weight excluding hydrogens is 313 g/mol. The number of halogens is 2. The number of nitrogens with zero attached hydrogens (tertiary/aromatic N) is 4. The molecule has 0 atom stereocenters. The van der Waals surface area contributed by atoms with Gasteiger partial charge < -0.3 is 5.32 Å². The van der Waals surface area contributed by atoms with Gasteiger partial charge in [0.25, 0.3) is 5.91 Å². The van der Waals surface area contributed by atoms with Gasteiger partial charge in [0, 0.05) is 5.69 Å².